The molecule has 1 rings (SSSR count). The van der Waals surface area contributed by atoms with Crippen molar-refractivity contribution in [3.63, 3.8) is 0 Å². The number of nitrogens with zero attached hydrogens (tertiary/aromatic N) is 1. The Hall–Kier alpha value is -1.27. The minimum Gasteiger partial charge on any atom is -0.480 e. The standard InChI is InChI=1S/C14H17BrClNO4/c1-4-17(8-13(18)20-3)14(19)9(2)21-12-6-5-10(16)7-11(12)15/h5-7,9H,4,8H2,1-3H3. The molecule has 1 aromatic rings. The summed E-state index contributed by atoms with van der Waals surface area (Å²) in [5, 5.41) is 0.564. The van der Waals surface area contributed by atoms with Crippen LogP contribution in [0.3, 0.4) is 0 Å². The summed E-state index contributed by atoms with van der Waals surface area (Å²) < 4.78 is 10.8. The summed E-state index contributed by atoms with van der Waals surface area (Å²) in [5.74, 6) is -0.246. The molecule has 0 aromatic heterocycles. The second-order valence-corrected chi connectivity index (χ2v) is 5.55. The van der Waals surface area contributed by atoms with Crippen LogP contribution in [-0.2, 0) is 14.3 Å². The topological polar surface area (TPSA) is 55.8 Å². The smallest absolute Gasteiger partial charge is 0.325 e. The highest BCUT2D eigenvalue weighted by atomic mass is 79.9. The highest BCUT2D eigenvalue weighted by molar-refractivity contribution is 9.10. The molecule has 0 N–H and O–H groups in total. The van der Waals surface area contributed by atoms with Gasteiger partial charge in [-0.2, -0.15) is 0 Å². The van der Waals surface area contributed by atoms with E-state index >= 15 is 0 Å². The van der Waals surface area contributed by atoms with E-state index < -0.39 is 12.1 Å². The Bertz CT molecular complexity index is 524. The summed E-state index contributed by atoms with van der Waals surface area (Å²) in [6.07, 6.45) is -0.730. The van der Waals surface area contributed by atoms with E-state index in [0.717, 1.165) is 0 Å². The Morgan fingerprint density at radius 2 is 2.10 bits per heavy atom. The maximum atomic E-state index is 12.3. The first kappa shape index (κ1) is 17.8. The molecule has 0 heterocycles. The molecule has 1 aromatic carbocycles. The van der Waals surface area contributed by atoms with Crippen molar-refractivity contribution in [2.24, 2.45) is 0 Å². The molecule has 0 radical (unpaired) electrons. The molecule has 0 aliphatic heterocycles. The van der Waals surface area contributed by atoms with Gasteiger partial charge in [0.15, 0.2) is 6.10 Å². The van der Waals surface area contributed by atoms with Crippen LogP contribution >= 0.6 is 27.5 Å². The molecular formula is C14H17BrClNO4. The van der Waals surface area contributed by atoms with Crippen molar-refractivity contribution < 1.29 is 19.1 Å². The number of ether oxygens (including phenoxy) is 2. The van der Waals surface area contributed by atoms with Gasteiger partial charge in [0.25, 0.3) is 5.91 Å². The number of methoxy groups -OCH3 is 1. The summed E-state index contributed by atoms with van der Waals surface area (Å²) >= 11 is 9.17. The summed E-state index contributed by atoms with van der Waals surface area (Å²) in [4.78, 5) is 24.9. The molecule has 0 aliphatic carbocycles. The molecule has 1 unspecified atom stereocenters. The lowest BCUT2D eigenvalue weighted by Gasteiger charge is -2.24. The predicted octanol–water partition coefficient (Wildman–Crippen LogP) is 2.89. The van der Waals surface area contributed by atoms with Gasteiger partial charge in [0.1, 0.15) is 12.3 Å². The number of likely N-dealkylation sites (N-methyl/N-ethyl adjacent to an activating group) is 1. The summed E-state index contributed by atoms with van der Waals surface area (Å²) in [5.41, 5.74) is 0. The first-order chi connectivity index (χ1) is 9.88. The monoisotopic (exact) mass is 377 g/mol. The molecule has 1 amide bonds. The minimum absolute atomic E-state index is 0.0959. The van der Waals surface area contributed by atoms with Crippen LogP contribution in [0.25, 0.3) is 0 Å². The molecule has 1 atom stereocenters. The number of rotatable bonds is 6. The van der Waals surface area contributed by atoms with E-state index in [1.807, 2.05) is 0 Å². The number of amides is 1. The number of hydrogen-bond donors (Lipinski definition) is 0. The lowest BCUT2D eigenvalue weighted by atomic mass is 10.3. The Kier molecular flexibility index (Phi) is 6.98. The van der Waals surface area contributed by atoms with Crippen LogP contribution in [0, 0.1) is 0 Å². The average molecular weight is 379 g/mol. The number of hydrogen-bond acceptors (Lipinski definition) is 4. The quantitative estimate of drug-likeness (QED) is 0.714. The van der Waals surface area contributed by atoms with Crippen molar-refractivity contribution in [2.75, 3.05) is 20.2 Å². The number of carbonyl (C=O) groups excluding carboxylic acids is 2. The SMILES string of the molecule is CCN(CC(=O)OC)C(=O)C(C)Oc1ccc(Cl)cc1Br. The molecule has 7 heteroatoms. The van der Waals surface area contributed by atoms with E-state index in [0.29, 0.717) is 21.8 Å². The fourth-order valence-corrected chi connectivity index (χ4v) is 2.41. The highest BCUT2D eigenvalue weighted by Crippen LogP contribution is 2.28. The third-order valence-corrected chi connectivity index (χ3v) is 3.64. The van der Waals surface area contributed by atoms with Gasteiger partial charge in [-0.25, -0.2) is 0 Å². The van der Waals surface area contributed by atoms with Crippen LogP contribution in [0.4, 0.5) is 0 Å². The van der Waals surface area contributed by atoms with Gasteiger partial charge in [0, 0.05) is 11.6 Å². The predicted molar refractivity (Wildman–Crippen MR) is 83.5 cm³/mol. The van der Waals surface area contributed by atoms with Crippen LogP contribution in [0.15, 0.2) is 22.7 Å². The first-order valence-electron chi connectivity index (χ1n) is 6.36. The lowest BCUT2D eigenvalue weighted by molar-refractivity contribution is -0.149. The number of benzene rings is 1. The largest absolute Gasteiger partial charge is 0.480 e. The minimum atomic E-state index is -0.730. The average Bonchev–Trinajstić information content (AvgIpc) is 2.46. The van der Waals surface area contributed by atoms with E-state index in [-0.39, 0.29) is 12.5 Å². The van der Waals surface area contributed by atoms with Crippen LogP contribution in [-0.4, -0.2) is 43.1 Å². The van der Waals surface area contributed by atoms with Crippen molar-refractivity contribution in [2.45, 2.75) is 20.0 Å². The molecule has 0 saturated heterocycles. The van der Waals surface area contributed by atoms with Crippen molar-refractivity contribution in [1.82, 2.24) is 4.90 Å². The molecular weight excluding hydrogens is 362 g/mol. The van der Waals surface area contributed by atoms with Crippen LogP contribution in [0.2, 0.25) is 5.02 Å². The normalized spacial score (nSPS) is 11.7. The van der Waals surface area contributed by atoms with Gasteiger partial charge in [-0.1, -0.05) is 11.6 Å². The Morgan fingerprint density at radius 3 is 2.62 bits per heavy atom. The summed E-state index contributed by atoms with van der Waals surface area (Å²) in [6, 6.07) is 5.03. The van der Waals surface area contributed by atoms with Crippen LogP contribution in [0.1, 0.15) is 13.8 Å². The fourth-order valence-electron chi connectivity index (χ4n) is 1.63. The fraction of sp³-hybridized carbons (Fsp3) is 0.429. The van der Waals surface area contributed by atoms with E-state index in [1.54, 1.807) is 32.0 Å². The zero-order valence-electron chi connectivity index (χ0n) is 12.1. The van der Waals surface area contributed by atoms with Crippen molar-refractivity contribution in [3.8, 4) is 5.75 Å². The first-order valence-corrected chi connectivity index (χ1v) is 7.53. The van der Waals surface area contributed by atoms with Gasteiger partial charge >= 0.3 is 5.97 Å². The van der Waals surface area contributed by atoms with Gasteiger partial charge in [-0.15, -0.1) is 0 Å². The number of halogens is 2. The Balaban J connectivity index is 2.74. The van der Waals surface area contributed by atoms with Crippen molar-refractivity contribution >= 4 is 39.4 Å². The molecule has 0 bridgehead atoms. The zero-order chi connectivity index (χ0) is 16.0. The summed E-state index contributed by atoms with van der Waals surface area (Å²) in [7, 11) is 1.28. The maximum Gasteiger partial charge on any atom is 0.325 e. The molecule has 0 spiro atoms. The van der Waals surface area contributed by atoms with E-state index in [4.69, 9.17) is 16.3 Å². The van der Waals surface area contributed by atoms with E-state index in [1.165, 1.54) is 12.0 Å². The van der Waals surface area contributed by atoms with Crippen molar-refractivity contribution in [3.05, 3.63) is 27.7 Å². The second-order valence-electron chi connectivity index (χ2n) is 4.26. The van der Waals surface area contributed by atoms with Gasteiger partial charge in [0.05, 0.1) is 11.6 Å². The summed E-state index contributed by atoms with van der Waals surface area (Å²) in [6.45, 7) is 3.71. The Morgan fingerprint density at radius 1 is 1.43 bits per heavy atom. The van der Waals surface area contributed by atoms with Gasteiger partial charge in [-0.05, 0) is 48.0 Å². The highest BCUT2D eigenvalue weighted by Gasteiger charge is 2.23. The molecule has 0 fully saturated rings. The molecule has 21 heavy (non-hydrogen) atoms. The van der Waals surface area contributed by atoms with Gasteiger partial charge in [-0.3, -0.25) is 9.59 Å². The van der Waals surface area contributed by atoms with Gasteiger partial charge in [0.2, 0.25) is 0 Å². The molecule has 0 aliphatic rings. The second kappa shape index (κ2) is 8.24. The third kappa shape index (κ3) is 5.21. The molecule has 0 saturated carbocycles. The Labute approximate surface area is 137 Å². The van der Waals surface area contributed by atoms with E-state index in [9.17, 15) is 9.59 Å². The van der Waals surface area contributed by atoms with Crippen LogP contribution < -0.4 is 4.74 Å². The lowest BCUT2D eigenvalue weighted by Crippen LogP contribution is -2.43. The third-order valence-electron chi connectivity index (χ3n) is 2.79. The molecule has 5 nitrogen and oxygen atoms in total. The maximum absolute atomic E-state index is 12.3. The van der Waals surface area contributed by atoms with E-state index in [2.05, 4.69) is 20.7 Å². The number of carbonyl (C=O) groups is 2. The zero-order valence-corrected chi connectivity index (χ0v) is 14.4. The van der Waals surface area contributed by atoms with Gasteiger partial charge < -0.3 is 14.4 Å². The number of esters is 1. The van der Waals surface area contributed by atoms with Crippen LogP contribution in [0.5, 0.6) is 5.75 Å². The molecule has 116 valence electrons. The van der Waals surface area contributed by atoms with Crippen molar-refractivity contribution in [1.29, 1.82) is 0 Å².